The molecule has 7 heteroatoms. The zero-order valence-electron chi connectivity index (χ0n) is 14.6. The Morgan fingerprint density at radius 3 is 2.46 bits per heavy atom. The van der Waals surface area contributed by atoms with Gasteiger partial charge in [0, 0.05) is 11.9 Å². The Labute approximate surface area is 150 Å². The lowest BCUT2D eigenvalue weighted by Gasteiger charge is -2.14. The summed E-state index contributed by atoms with van der Waals surface area (Å²) in [5.41, 5.74) is 1.06. The van der Waals surface area contributed by atoms with Crippen LogP contribution in [0.25, 0.3) is 0 Å². The van der Waals surface area contributed by atoms with Gasteiger partial charge in [-0.1, -0.05) is 31.9 Å². The molecule has 1 saturated carbocycles. The largest absolute Gasteiger partial charge is 0.477 e. The third-order valence-corrected chi connectivity index (χ3v) is 4.50. The minimum atomic E-state index is -4.55. The second-order valence-corrected chi connectivity index (χ2v) is 6.49. The van der Waals surface area contributed by atoms with Crippen LogP contribution >= 0.6 is 0 Å². The molecule has 0 saturated heterocycles. The first-order valence-electron chi connectivity index (χ1n) is 8.91. The molecule has 0 atom stereocenters. The van der Waals surface area contributed by atoms with Crippen LogP contribution in [0.2, 0.25) is 0 Å². The van der Waals surface area contributed by atoms with Crippen LogP contribution in [0.3, 0.4) is 0 Å². The molecule has 0 aliphatic heterocycles. The zero-order chi connectivity index (χ0) is 18.6. The van der Waals surface area contributed by atoms with Gasteiger partial charge >= 0.3 is 6.18 Å². The zero-order valence-corrected chi connectivity index (χ0v) is 14.6. The van der Waals surface area contributed by atoms with Crippen molar-refractivity contribution in [2.75, 3.05) is 11.9 Å². The molecule has 0 amide bonds. The summed E-state index contributed by atoms with van der Waals surface area (Å²) < 4.78 is 44.3. The first kappa shape index (κ1) is 18.5. The monoisotopic (exact) mass is 365 g/mol. The fraction of sp³-hybridized carbons (Fsp3) is 0.474. The highest BCUT2D eigenvalue weighted by Crippen LogP contribution is 2.36. The van der Waals surface area contributed by atoms with E-state index < -0.39 is 17.6 Å². The van der Waals surface area contributed by atoms with E-state index in [1.165, 1.54) is 31.2 Å². The maximum absolute atomic E-state index is 13.0. The van der Waals surface area contributed by atoms with Crippen LogP contribution < -0.4 is 10.1 Å². The first-order chi connectivity index (χ1) is 12.5. The van der Waals surface area contributed by atoms with Crippen LogP contribution in [0.4, 0.5) is 24.8 Å². The van der Waals surface area contributed by atoms with Gasteiger partial charge in [0.15, 0.2) is 0 Å². The van der Waals surface area contributed by atoms with E-state index in [4.69, 9.17) is 4.74 Å². The van der Waals surface area contributed by atoms with Crippen molar-refractivity contribution in [2.45, 2.75) is 51.1 Å². The minimum absolute atomic E-state index is 0.0812. The van der Waals surface area contributed by atoms with Gasteiger partial charge < -0.3 is 10.1 Å². The lowest BCUT2D eigenvalue weighted by atomic mass is 9.98. The fourth-order valence-electron chi connectivity index (χ4n) is 3.16. The number of halogens is 3. The van der Waals surface area contributed by atoms with Gasteiger partial charge in [-0.25, -0.2) is 4.98 Å². The van der Waals surface area contributed by atoms with Gasteiger partial charge in [0.25, 0.3) is 0 Å². The van der Waals surface area contributed by atoms with Gasteiger partial charge in [0.2, 0.25) is 11.8 Å². The third kappa shape index (κ3) is 4.45. The summed E-state index contributed by atoms with van der Waals surface area (Å²) in [5, 5.41) is 2.95. The highest BCUT2D eigenvalue weighted by molar-refractivity contribution is 5.54. The van der Waals surface area contributed by atoms with E-state index in [1.807, 2.05) is 19.1 Å². The van der Waals surface area contributed by atoms with Gasteiger partial charge in [-0.05, 0) is 42.9 Å². The molecule has 140 valence electrons. The number of alkyl halides is 3. The molecule has 4 nitrogen and oxygen atoms in total. The molecule has 1 heterocycles. The molecule has 3 rings (SSSR count). The van der Waals surface area contributed by atoms with E-state index >= 15 is 0 Å². The number of benzene rings is 1. The topological polar surface area (TPSA) is 47.0 Å². The summed E-state index contributed by atoms with van der Waals surface area (Å²) in [7, 11) is 0. The van der Waals surface area contributed by atoms with Crippen molar-refractivity contribution in [1.29, 1.82) is 0 Å². The summed E-state index contributed by atoms with van der Waals surface area (Å²) in [6, 6.07) is 7.91. The predicted molar refractivity (Wildman–Crippen MR) is 93.8 cm³/mol. The Morgan fingerprint density at radius 2 is 1.85 bits per heavy atom. The molecule has 1 fully saturated rings. The molecule has 1 N–H and O–H groups in total. The van der Waals surface area contributed by atoms with Crippen LogP contribution in [0.5, 0.6) is 5.88 Å². The highest BCUT2D eigenvalue weighted by atomic mass is 19.4. The maximum Gasteiger partial charge on any atom is 0.423 e. The second-order valence-electron chi connectivity index (χ2n) is 6.49. The average molecular weight is 365 g/mol. The van der Waals surface area contributed by atoms with E-state index in [1.54, 1.807) is 0 Å². The molecular weight excluding hydrogens is 343 g/mol. The van der Waals surface area contributed by atoms with Crippen LogP contribution in [-0.2, 0) is 6.18 Å². The summed E-state index contributed by atoms with van der Waals surface area (Å²) in [5.74, 6) is 0.248. The van der Waals surface area contributed by atoms with Crippen molar-refractivity contribution in [3.8, 4) is 5.88 Å². The molecule has 0 spiro atoms. The Kier molecular flexibility index (Phi) is 5.64. The first-order valence-corrected chi connectivity index (χ1v) is 8.91. The lowest BCUT2D eigenvalue weighted by molar-refractivity contribution is -0.139. The number of aromatic nitrogens is 2. The smallest absolute Gasteiger partial charge is 0.423 e. The summed E-state index contributed by atoms with van der Waals surface area (Å²) >= 11 is 0. The Bertz CT molecular complexity index is 726. The molecule has 1 aliphatic rings. The molecule has 0 bridgehead atoms. The number of ether oxygens (including phenoxy) is 1. The normalized spacial score (nSPS) is 15.2. The van der Waals surface area contributed by atoms with Gasteiger partial charge in [-0.15, -0.1) is 0 Å². The van der Waals surface area contributed by atoms with Crippen molar-refractivity contribution in [3.05, 3.63) is 41.6 Å². The Hall–Kier alpha value is -2.31. The third-order valence-electron chi connectivity index (χ3n) is 4.50. The number of nitrogens with zero attached hydrogens (tertiary/aromatic N) is 2. The molecule has 1 aliphatic carbocycles. The van der Waals surface area contributed by atoms with E-state index in [0.29, 0.717) is 12.3 Å². The van der Waals surface area contributed by atoms with E-state index in [9.17, 15) is 13.2 Å². The summed E-state index contributed by atoms with van der Waals surface area (Å²) in [6.45, 7) is 1.98. The quantitative estimate of drug-likeness (QED) is 0.715. The second kappa shape index (κ2) is 7.93. The van der Waals surface area contributed by atoms with Crippen molar-refractivity contribution in [3.63, 3.8) is 0 Å². The molecule has 26 heavy (non-hydrogen) atoms. The Morgan fingerprint density at radius 1 is 1.15 bits per heavy atom. The maximum atomic E-state index is 13.0. The molecule has 0 radical (unpaired) electrons. The van der Waals surface area contributed by atoms with Crippen LogP contribution in [0.1, 0.15) is 56.1 Å². The number of hydrogen-bond donors (Lipinski definition) is 1. The van der Waals surface area contributed by atoms with Crippen molar-refractivity contribution >= 4 is 11.6 Å². The van der Waals surface area contributed by atoms with Crippen molar-refractivity contribution in [2.24, 2.45) is 0 Å². The van der Waals surface area contributed by atoms with Gasteiger partial charge in [-0.3, -0.25) is 0 Å². The van der Waals surface area contributed by atoms with E-state index in [2.05, 4.69) is 27.4 Å². The fourth-order valence-corrected chi connectivity index (χ4v) is 3.16. The summed E-state index contributed by atoms with van der Waals surface area (Å²) in [6.07, 6.45) is 1.76. The predicted octanol–water partition coefficient (Wildman–Crippen LogP) is 5.69. The minimum Gasteiger partial charge on any atom is -0.477 e. The Balaban J connectivity index is 1.76. The molecule has 2 aromatic rings. The molecular formula is C19H22F3N3O. The van der Waals surface area contributed by atoms with Crippen LogP contribution in [0.15, 0.2) is 30.5 Å². The van der Waals surface area contributed by atoms with Crippen LogP contribution in [0, 0.1) is 0 Å². The lowest BCUT2D eigenvalue weighted by Crippen LogP contribution is -2.12. The van der Waals surface area contributed by atoms with Crippen molar-refractivity contribution in [1.82, 2.24) is 9.97 Å². The standard InChI is InChI=1S/C19H22F3N3O/c1-2-11-26-17-16(19(20,21)22)12-23-18(25-17)24-15-9-7-14(8-10-15)13-5-3-4-6-13/h7-10,12-13H,2-6,11H2,1H3,(H,23,24,25). The summed E-state index contributed by atoms with van der Waals surface area (Å²) in [4.78, 5) is 7.69. The van der Waals surface area contributed by atoms with Crippen molar-refractivity contribution < 1.29 is 17.9 Å². The highest BCUT2D eigenvalue weighted by Gasteiger charge is 2.36. The van der Waals surface area contributed by atoms with Crippen LogP contribution in [-0.4, -0.2) is 16.6 Å². The molecule has 1 aromatic carbocycles. The van der Waals surface area contributed by atoms with Gasteiger partial charge in [-0.2, -0.15) is 18.2 Å². The van der Waals surface area contributed by atoms with Gasteiger partial charge in [0.1, 0.15) is 5.56 Å². The van der Waals surface area contributed by atoms with Gasteiger partial charge in [0.05, 0.1) is 6.61 Å². The SMILES string of the molecule is CCCOc1nc(Nc2ccc(C3CCCC3)cc2)ncc1C(F)(F)F. The van der Waals surface area contributed by atoms with E-state index in [-0.39, 0.29) is 12.6 Å². The number of anilines is 2. The average Bonchev–Trinajstić information content (AvgIpc) is 3.14. The van der Waals surface area contributed by atoms with E-state index in [0.717, 1.165) is 11.9 Å². The molecule has 1 aromatic heterocycles. The molecule has 0 unspecified atom stereocenters. The number of rotatable bonds is 6. The number of nitrogens with one attached hydrogen (secondary N) is 1. The number of hydrogen-bond acceptors (Lipinski definition) is 4.